The fourth-order valence-corrected chi connectivity index (χ4v) is 3.04. The van der Waals surface area contributed by atoms with Crippen molar-refractivity contribution >= 4 is 11.8 Å². The van der Waals surface area contributed by atoms with Crippen LogP contribution in [0.1, 0.15) is 25.7 Å². The molecule has 4 rings (SSSR count). The van der Waals surface area contributed by atoms with Crippen LogP contribution in [0.2, 0.25) is 0 Å². The summed E-state index contributed by atoms with van der Waals surface area (Å²) in [5, 5.41) is 11.2. The molecule has 1 aliphatic carbocycles. The summed E-state index contributed by atoms with van der Waals surface area (Å²) in [5.74, 6) is 1.79. The van der Waals surface area contributed by atoms with E-state index in [1.54, 1.807) is 0 Å². The topological polar surface area (TPSA) is 67.7 Å². The fourth-order valence-electron chi connectivity index (χ4n) is 3.04. The highest BCUT2D eigenvalue weighted by molar-refractivity contribution is 5.73. The Balaban J connectivity index is 1.61. The van der Waals surface area contributed by atoms with E-state index in [0.717, 1.165) is 36.1 Å². The fraction of sp³-hybridized carbons (Fsp3) is 0.500. The highest BCUT2D eigenvalue weighted by atomic mass is 15.4. The molecule has 0 spiro atoms. The average molecular weight is 270 g/mol. The van der Waals surface area contributed by atoms with Gasteiger partial charge in [0.2, 0.25) is 5.95 Å². The van der Waals surface area contributed by atoms with Crippen molar-refractivity contribution in [2.45, 2.75) is 38.3 Å². The molecule has 3 heterocycles. The van der Waals surface area contributed by atoms with Crippen molar-refractivity contribution in [3.8, 4) is 11.3 Å². The maximum Gasteiger partial charge on any atom is 0.223 e. The van der Waals surface area contributed by atoms with Crippen molar-refractivity contribution in [2.24, 2.45) is 0 Å². The lowest BCUT2D eigenvalue weighted by atomic mass is 10.2. The number of nitrogens with zero attached hydrogens (tertiary/aromatic N) is 4. The number of hydrogen-bond donors (Lipinski definition) is 2. The summed E-state index contributed by atoms with van der Waals surface area (Å²) in [6.45, 7) is 1.86. The second kappa shape index (κ2) is 4.77. The monoisotopic (exact) mass is 270 g/mol. The second-order valence-corrected chi connectivity index (χ2v) is 5.45. The first-order valence-corrected chi connectivity index (χ1v) is 7.30. The normalized spacial score (nSPS) is 18.0. The standard InChI is InChI=1S/C14H18N6/c1-2-4-10(3-1)18-14-16-6-5-12(19-14)11-9-17-20-8-7-15-13(11)20/h5-6,9-10,15H,1-4,7-8H2,(H,16,18,19). The second-order valence-electron chi connectivity index (χ2n) is 5.45. The van der Waals surface area contributed by atoms with E-state index in [0.29, 0.717) is 6.04 Å². The number of hydrogen-bond acceptors (Lipinski definition) is 5. The molecule has 6 heteroatoms. The molecule has 2 aliphatic rings. The Morgan fingerprint density at radius 3 is 3.10 bits per heavy atom. The summed E-state index contributed by atoms with van der Waals surface area (Å²) in [7, 11) is 0. The third kappa shape index (κ3) is 2.01. The smallest absolute Gasteiger partial charge is 0.223 e. The van der Waals surface area contributed by atoms with E-state index in [1.807, 2.05) is 23.1 Å². The molecule has 1 fully saturated rings. The minimum Gasteiger partial charge on any atom is -0.368 e. The maximum absolute atomic E-state index is 4.64. The number of aromatic nitrogens is 4. The van der Waals surface area contributed by atoms with E-state index in [9.17, 15) is 0 Å². The van der Waals surface area contributed by atoms with Crippen LogP contribution in [0, 0.1) is 0 Å². The van der Waals surface area contributed by atoms with Crippen LogP contribution in [0.25, 0.3) is 11.3 Å². The molecule has 0 radical (unpaired) electrons. The quantitative estimate of drug-likeness (QED) is 0.894. The Kier molecular flexibility index (Phi) is 2.79. The molecule has 0 unspecified atom stereocenters. The Morgan fingerprint density at radius 2 is 2.20 bits per heavy atom. The minimum atomic E-state index is 0.529. The first-order chi connectivity index (χ1) is 9.90. The van der Waals surface area contributed by atoms with Crippen LogP contribution in [0.15, 0.2) is 18.5 Å². The zero-order valence-corrected chi connectivity index (χ0v) is 11.3. The van der Waals surface area contributed by atoms with E-state index in [1.165, 1.54) is 25.7 Å². The largest absolute Gasteiger partial charge is 0.368 e. The first-order valence-electron chi connectivity index (χ1n) is 7.30. The first kappa shape index (κ1) is 11.7. The lowest BCUT2D eigenvalue weighted by molar-refractivity contribution is 0.696. The lowest BCUT2D eigenvalue weighted by Crippen LogP contribution is -2.16. The molecule has 0 saturated heterocycles. The van der Waals surface area contributed by atoms with E-state index in [4.69, 9.17) is 0 Å². The van der Waals surface area contributed by atoms with Gasteiger partial charge in [-0.3, -0.25) is 0 Å². The van der Waals surface area contributed by atoms with Crippen LogP contribution in [0.4, 0.5) is 11.8 Å². The predicted octanol–water partition coefficient (Wildman–Crippen LogP) is 2.12. The van der Waals surface area contributed by atoms with Gasteiger partial charge in [0.25, 0.3) is 0 Å². The van der Waals surface area contributed by atoms with E-state index in [-0.39, 0.29) is 0 Å². The lowest BCUT2D eigenvalue weighted by Gasteiger charge is -2.12. The van der Waals surface area contributed by atoms with Gasteiger partial charge in [-0.05, 0) is 18.9 Å². The summed E-state index contributed by atoms with van der Waals surface area (Å²) in [5.41, 5.74) is 1.98. The van der Waals surface area contributed by atoms with Crippen molar-refractivity contribution in [3.05, 3.63) is 18.5 Å². The highest BCUT2D eigenvalue weighted by Gasteiger charge is 2.19. The van der Waals surface area contributed by atoms with Crippen molar-refractivity contribution < 1.29 is 0 Å². The Morgan fingerprint density at radius 1 is 1.30 bits per heavy atom. The number of nitrogens with one attached hydrogen (secondary N) is 2. The molecule has 2 aromatic rings. The predicted molar refractivity (Wildman–Crippen MR) is 77.6 cm³/mol. The Hall–Kier alpha value is -2.11. The van der Waals surface area contributed by atoms with Crippen LogP contribution in [0.5, 0.6) is 0 Å². The molecule has 0 bridgehead atoms. The molecule has 20 heavy (non-hydrogen) atoms. The molecule has 104 valence electrons. The molecule has 0 atom stereocenters. The van der Waals surface area contributed by atoms with Crippen LogP contribution in [-0.2, 0) is 6.54 Å². The minimum absolute atomic E-state index is 0.529. The van der Waals surface area contributed by atoms with Crippen molar-refractivity contribution in [3.63, 3.8) is 0 Å². The van der Waals surface area contributed by atoms with Crippen molar-refractivity contribution in [2.75, 3.05) is 17.2 Å². The summed E-state index contributed by atoms with van der Waals surface area (Å²) in [4.78, 5) is 8.98. The van der Waals surface area contributed by atoms with Gasteiger partial charge in [-0.1, -0.05) is 12.8 Å². The van der Waals surface area contributed by atoms with Gasteiger partial charge in [0, 0.05) is 18.8 Å². The van der Waals surface area contributed by atoms with Crippen LogP contribution in [-0.4, -0.2) is 32.3 Å². The van der Waals surface area contributed by atoms with Crippen LogP contribution < -0.4 is 10.6 Å². The molecule has 6 nitrogen and oxygen atoms in total. The highest BCUT2D eigenvalue weighted by Crippen LogP contribution is 2.29. The van der Waals surface area contributed by atoms with Gasteiger partial charge >= 0.3 is 0 Å². The van der Waals surface area contributed by atoms with Gasteiger partial charge in [0.05, 0.1) is 24.0 Å². The maximum atomic E-state index is 4.64. The van der Waals surface area contributed by atoms with Gasteiger partial charge in [-0.2, -0.15) is 5.10 Å². The average Bonchev–Trinajstić information content (AvgIpc) is 3.16. The van der Waals surface area contributed by atoms with Gasteiger partial charge in [0.15, 0.2) is 0 Å². The van der Waals surface area contributed by atoms with Gasteiger partial charge in [-0.15, -0.1) is 0 Å². The zero-order chi connectivity index (χ0) is 13.4. The molecule has 1 aliphatic heterocycles. The molecular formula is C14H18N6. The molecule has 2 aromatic heterocycles. The number of rotatable bonds is 3. The van der Waals surface area contributed by atoms with Crippen molar-refractivity contribution in [1.82, 2.24) is 19.7 Å². The third-order valence-corrected chi connectivity index (χ3v) is 4.08. The van der Waals surface area contributed by atoms with E-state index in [2.05, 4.69) is 25.7 Å². The summed E-state index contributed by atoms with van der Waals surface area (Å²) < 4.78 is 1.99. The summed E-state index contributed by atoms with van der Waals surface area (Å²) in [6, 6.07) is 2.47. The third-order valence-electron chi connectivity index (χ3n) is 4.08. The van der Waals surface area contributed by atoms with E-state index >= 15 is 0 Å². The molecule has 0 aromatic carbocycles. The zero-order valence-electron chi connectivity index (χ0n) is 11.3. The van der Waals surface area contributed by atoms with Crippen molar-refractivity contribution in [1.29, 1.82) is 0 Å². The Labute approximate surface area is 117 Å². The van der Waals surface area contributed by atoms with Gasteiger partial charge in [-0.25, -0.2) is 14.6 Å². The number of anilines is 2. The molecule has 0 amide bonds. The van der Waals surface area contributed by atoms with Crippen LogP contribution >= 0.6 is 0 Å². The molecule has 1 saturated carbocycles. The number of fused-ring (bicyclic) bond motifs is 1. The van der Waals surface area contributed by atoms with E-state index < -0.39 is 0 Å². The Bertz CT molecular complexity index is 614. The van der Waals surface area contributed by atoms with Gasteiger partial charge in [0.1, 0.15) is 5.82 Å². The van der Waals surface area contributed by atoms with Gasteiger partial charge < -0.3 is 10.6 Å². The summed E-state index contributed by atoms with van der Waals surface area (Å²) in [6.07, 6.45) is 8.74. The van der Waals surface area contributed by atoms with Crippen LogP contribution in [0.3, 0.4) is 0 Å². The molecule has 2 N–H and O–H groups in total. The molecular weight excluding hydrogens is 252 g/mol. The SMILES string of the molecule is c1cc(-c2cnn3c2NCC3)nc(NC2CCCC2)n1. The summed E-state index contributed by atoms with van der Waals surface area (Å²) >= 11 is 0.